The number of nitrogens with two attached hydrogens (primary N) is 1. The number of rotatable bonds is 4. The minimum atomic E-state index is -0.441. The van der Waals surface area contributed by atoms with E-state index in [1.807, 2.05) is 0 Å². The van der Waals surface area contributed by atoms with Crippen molar-refractivity contribution in [1.82, 2.24) is 9.78 Å². The van der Waals surface area contributed by atoms with E-state index in [4.69, 9.17) is 15.2 Å². The molecule has 1 aromatic carbocycles. The van der Waals surface area contributed by atoms with Gasteiger partial charge in [-0.3, -0.25) is 4.68 Å². The summed E-state index contributed by atoms with van der Waals surface area (Å²) in [6.45, 7) is 0.131. The van der Waals surface area contributed by atoms with Gasteiger partial charge in [-0.2, -0.15) is 5.10 Å². The van der Waals surface area contributed by atoms with Crippen LogP contribution in [0.3, 0.4) is 0 Å². The van der Waals surface area contributed by atoms with E-state index >= 15 is 0 Å². The standard InChI is InChI=1S/C13H15N3O3/c1-16-6-5-10(15-16)8-19-13(17)9-3-4-11(14)12(7-9)18-2/h3-7H,8,14H2,1-2H3. The van der Waals surface area contributed by atoms with Gasteiger partial charge in [0.2, 0.25) is 0 Å². The van der Waals surface area contributed by atoms with Gasteiger partial charge >= 0.3 is 5.97 Å². The van der Waals surface area contributed by atoms with Gasteiger partial charge in [0, 0.05) is 13.2 Å². The van der Waals surface area contributed by atoms with Crippen LogP contribution in [0.4, 0.5) is 5.69 Å². The Morgan fingerprint density at radius 1 is 1.42 bits per heavy atom. The highest BCUT2D eigenvalue weighted by atomic mass is 16.5. The Kier molecular flexibility index (Phi) is 3.70. The van der Waals surface area contributed by atoms with Crippen molar-refractivity contribution in [2.45, 2.75) is 6.61 Å². The van der Waals surface area contributed by atoms with E-state index in [9.17, 15) is 4.79 Å². The zero-order valence-electron chi connectivity index (χ0n) is 10.8. The lowest BCUT2D eigenvalue weighted by atomic mass is 10.2. The molecule has 2 aromatic rings. The number of benzene rings is 1. The largest absolute Gasteiger partial charge is 0.495 e. The Morgan fingerprint density at radius 2 is 2.21 bits per heavy atom. The third kappa shape index (κ3) is 3.04. The van der Waals surface area contributed by atoms with Gasteiger partial charge in [-0.05, 0) is 24.3 Å². The van der Waals surface area contributed by atoms with E-state index in [0.29, 0.717) is 22.7 Å². The lowest BCUT2D eigenvalue weighted by Gasteiger charge is -2.07. The second kappa shape index (κ2) is 5.43. The molecule has 0 fully saturated rings. The topological polar surface area (TPSA) is 79.4 Å². The predicted octanol–water partition coefficient (Wildman–Crippen LogP) is 1.37. The number of anilines is 1. The Bertz CT molecular complexity index is 593. The van der Waals surface area contributed by atoms with Crippen molar-refractivity contribution >= 4 is 11.7 Å². The molecule has 2 rings (SSSR count). The van der Waals surface area contributed by atoms with Crippen molar-refractivity contribution in [3.8, 4) is 5.75 Å². The van der Waals surface area contributed by atoms with Gasteiger partial charge in [0.1, 0.15) is 12.4 Å². The highest BCUT2D eigenvalue weighted by Crippen LogP contribution is 2.22. The molecule has 0 saturated heterocycles. The molecule has 0 bridgehead atoms. The number of carbonyl (C=O) groups excluding carboxylic acids is 1. The summed E-state index contributed by atoms with van der Waals surface area (Å²) in [5.74, 6) is 0.0104. The highest BCUT2D eigenvalue weighted by Gasteiger charge is 2.11. The van der Waals surface area contributed by atoms with Gasteiger partial charge in [-0.25, -0.2) is 4.79 Å². The summed E-state index contributed by atoms with van der Waals surface area (Å²) >= 11 is 0. The molecule has 1 heterocycles. The fraction of sp³-hybridized carbons (Fsp3) is 0.231. The maximum atomic E-state index is 11.9. The Hall–Kier alpha value is -2.50. The van der Waals surface area contributed by atoms with E-state index < -0.39 is 5.97 Å². The van der Waals surface area contributed by atoms with Crippen molar-refractivity contribution in [3.63, 3.8) is 0 Å². The number of carbonyl (C=O) groups is 1. The monoisotopic (exact) mass is 261 g/mol. The molecule has 0 atom stereocenters. The molecule has 0 radical (unpaired) electrons. The van der Waals surface area contributed by atoms with Crippen LogP contribution in [0, 0.1) is 0 Å². The molecule has 1 aromatic heterocycles. The van der Waals surface area contributed by atoms with E-state index in [2.05, 4.69) is 5.10 Å². The van der Waals surface area contributed by atoms with Crippen molar-refractivity contribution in [3.05, 3.63) is 41.7 Å². The van der Waals surface area contributed by atoms with Crippen LogP contribution in [0.25, 0.3) is 0 Å². The van der Waals surface area contributed by atoms with Gasteiger partial charge in [-0.15, -0.1) is 0 Å². The van der Waals surface area contributed by atoms with Gasteiger partial charge in [-0.1, -0.05) is 0 Å². The average molecular weight is 261 g/mol. The Morgan fingerprint density at radius 3 is 2.84 bits per heavy atom. The first-order valence-corrected chi connectivity index (χ1v) is 5.69. The number of aromatic nitrogens is 2. The molecule has 0 aliphatic rings. The van der Waals surface area contributed by atoms with E-state index in [0.717, 1.165) is 0 Å². The quantitative estimate of drug-likeness (QED) is 0.664. The summed E-state index contributed by atoms with van der Waals surface area (Å²) in [6.07, 6.45) is 1.79. The molecule has 6 heteroatoms. The number of nitrogen functional groups attached to an aromatic ring is 1. The summed E-state index contributed by atoms with van der Waals surface area (Å²) in [5.41, 5.74) is 7.24. The van der Waals surface area contributed by atoms with Crippen LogP contribution < -0.4 is 10.5 Å². The molecule has 0 unspecified atom stereocenters. The van der Waals surface area contributed by atoms with E-state index in [1.165, 1.54) is 7.11 Å². The van der Waals surface area contributed by atoms with Crippen LogP contribution in [0.5, 0.6) is 5.75 Å². The molecule has 6 nitrogen and oxygen atoms in total. The first-order chi connectivity index (χ1) is 9.10. The van der Waals surface area contributed by atoms with Crippen LogP contribution in [0.15, 0.2) is 30.5 Å². The average Bonchev–Trinajstić information content (AvgIpc) is 2.82. The van der Waals surface area contributed by atoms with Crippen LogP contribution in [0.1, 0.15) is 16.1 Å². The SMILES string of the molecule is COc1cc(C(=O)OCc2ccn(C)n2)ccc1N. The lowest BCUT2D eigenvalue weighted by Crippen LogP contribution is -2.06. The number of methoxy groups -OCH3 is 1. The van der Waals surface area contributed by atoms with Crippen molar-refractivity contribution in [1.29, 1.82) is 0 Å². The summed E-state index contributed by atoms with van der Waals surface area (Å²) in [7, 11) is 3.30. The summed E-state index contributed by atoms with van der Waals surface area (Å²) < 4.78 is 11.9. The fourth-order valence-electron chi connectivity index (χ4n) is 1.60. The zero-order chi connectivity index (χ0) is 13.8. The minimum Gasteiger partial charge on any atom is -0.495 e. The summed E-state index contributed by atoms with van der Waals surface area (Å²) in [5, 5.41) is 4.12. The van der Waals surface area contributed by atoms with Gasteiger partial charge in [0.15, 0.2) is 0 Å². The van der Waals surface area contributed by atoms with Crippen molar-refractivity contribution < 1.29 is 14.3 Å². The second-order valence-electron chi connectivity index (χ2n) is 4.01. The number of aryl methyl sites for hydroxylation is 1. The van der Waals surface area contributed by atoms with Gasteiger partial charge < -0.3 is 15.2 Å². The maximum absolute atomic E-state index is 11.9. The van der Waals surface area contributed by atoms with Crippen LogP contribution in [0.2, 0.25) is 0 Å². The van der Waals surface area contributed by atoms with E-state index in [1.54, 1.807) is 42.2 Å². The zero-order valence-corrected chi connectivity index (χ0v) is 10.8. The number of esters is 1. The molecule has 100 valence electrons. The fourth-order valence-corrected chi connectivity index (χ4v) is 1.60. The van der Waals surface area contributed by atoms with Crippen LogP contribution in [-0.4, -0.2) is 22.9 Å². The smallest absolute Gasteiger partial charge is 0.338 e. The van der Waals surface area contributed by atoms with Gasteiger partial charge in [0.25, 0.3) is 0 Å². The van der Waals surface area contributed by atoms with E-state index in [-0.39, 0.29) is 6.61 Å². The normalized spacial score (nSPS) is 10.2. The first kappa shape index (κ1) is 12.9. The molecule has 0 aliphatic heterocycles. The molecular formula is C13H15N3O3. The maximum Gasteiger partial charge on any atom is 0.338 e. The third-order valence-electron chi connectivity index (χ3n) is 2.59. The second-order valence-corrected chi connectivity index (χ2v) is 4.01. The minimum absolute atomic E-state index is 0.131. The Labute approximate surface area is 110 Å². The lowest BCUT2D eigenvalue weighted by molar-refractivity contribution is 0.0467. The molecule has 0 saturated carbocycles. The molecular weight excluding hydrogens is 246 g/mol. The number of nitrogens with zero attached hydrogens (tertiary/aromatic N) is 2. The summed E-state index contributed by atoms with van der Waals surface area (Å²) in [4.78, 5) is 11.9. The molecule has 0 spiro atoms. The third-order valence-corrected chi connectivity index (χ3v) is 2.59. The number of ether oxygens (including phenoxy) is 2. The first-order valence-electron chi connectivity index (χ1n) is 5.69. The summed E-state index contributed by atoms with van der Waals surface area (Å²) in [6, 6.07) is 6.54. The van der Waals surface area contributed by atoms with Crippen molar-refractivity contribution in [2.75, 3.05) is 12.8 Å². The predicted molar refractivity (Wildman–Crippen MR) is 69.7 cm³/mol. The molecule has 0 amide bonds. The molecule has 19 heavy (non-hydrogen) atoms. The highest BCUT2D eigenvalue weighted by molar-refractivity contribution is 5.90. The van der Waals surface area contributed by atoms with Gasteiger partial charge in [0.05, 0.1) is 24.1 Å². The van der Waals surface area contributed by atoms with Crippen molar-refractivity contribution in [2.24, 2.45) is 7.05 Å². The van der Waals surface area contributed by atoms with Crippen LogP contribution in [-0.2, 0) is 18.4 Å². The van der Waals surface area contributed by atoms with Crippen LogP contribution >= 0.6 is 0 Å². The Balaban J connectivity index is 2.03. The molecule has 0 aliphatic carbocycles. The number of hydrogen-bond donors (Lipinski definition) is 1. The molecule has 2 N–H and O–H groups in total. The number of hydrogen-bond acceptors (Lipinski definition) is 5.